The van der Waals surface area contributed by atoms with Gasteiger partial charge in [0.25, 0.3) is 5.91 Å². The van der Waals surface area contributed by atoms with Crippen LogP contribution in [0.5, 0.6) is 0 Å². The molecule has 0 aliphatic carbocycles. The number of nitrogens with one attached hydrogen (secondary N) is 1. The summed E-state index contributed by atoms with van der Waals surface area (Å²) in [4.78, 5) is 11.7. The fraction of sp³-hybridized carbons (Fsp3) is 0.222. The van der Waals surface area contributed by atoms with Gasteiger partial charge in [0.1, 0.15) is 5.76 Å². The molecule has 0 atom stereocenters. The van der Waals surface area contributed by atoms with E-state index >= 15 is 0 Å². The van der Waals surface area contributed by atoms with Crippen LogP contribution < -0.4 is 11.1 Å². The van der Waals surface area contributed by atoms with Gasteiger partial charge in [-0.05, 0) is 6.92 Å². The number of aromatic nitrogens is 3. The molecule has 0 unspecified atom stereocenters. The highest BCUT2D eigenvalue weighted by Gasteiger charge is 2.15. The van der Waals surface area contributed by atoms with Gasteiger partial charge in [-0.2, -0.15) is 5.10 Å². The average molecular weight is 221 g/mol. The van der Waals surface area contributed by atoms with Crippen LogP contribution in [0.15, 0.2) is 16.8 Å². The molecule has 1 amide bonds. The van der Waals surface area contributed by atoms with E-state index in [0.29, 0.717) is 17.3 Å². The van der Waals surface area contributed by atoms with E-state index in [2.05, 4.69) is 15.6 Å². The zero-order valence-corrected chi connectivity index (χ0v) is 8.89. The summed E-state index contributed by atoms with van der Waals surface area (Å²) in [5.41, 5.74) is 6.10. The molecule has 16 heavy (non-hydrogen) atoms. The summed E-state index contributed by atoms with van der Waals surface area (Å²) < 4.78 is 6.29. The van der Waals surface area contributed by atoms with E-state index in [1.54, 1.807) is 26.2 Å². The van der Waals surface area contributed by atoms with Crippen molar-refractivity contribution in [3.05, 3.63) is 23.7 Å². The Balaban J connectivity index is 2.17. The number of hydrogen-bond donors (Lipinski definition) is 2. The lowest BCUT2D eigenvalue weighted by molar-refractivity contribution is 0.102. The SMILES string of the molecule is Cc1cc(NC(=O)c2nn(C)cc2N)no1. The van der Waals surface area contributed by atoms with Gasteiger partial charge in [0.2, 0.25) is 0 Å². The molecule has 2 aromatic rings. The van der Waals surface area contributed by atoms with E-state index in [1.165, 1.54) is 4.68 Å². The predicted molar refractivity (Wildman–Crippen MR) is 56.8 cm³/mol. The van der Waals surface area contributed by atoms with Crippen LogP contribution in [0.4, 0.5) is 11.5 Å². The summed E-state index contributed by atoms with van der Waals surface area (Å²) in [5, 5.41) is 10.1. The molecule has 0 bridgehead atoms. The highest BCUT2D eigenvalue weighted by molar-refractivity contribution is 6.05. The van der Waals surface area contributed by atoms with Crippen LogP contribution in [0, 0.1) is 6.92 Å². The molecule has 2 aromatic heterocycles. The number of nitrogens with two attached hydrogens (primary N) is 1. The molecular formula is C9H11N5O2. The minimum atomic E-state index is -0.411. The smallest absolute Gasteiger partial charge is 0.279 e. The lowest BCUT2D eigenvalue weighted by Crippen LogP contribution is -2.14. The number of amides is 1. The van der Waals surface area contributed by atoms with Crippen LogP contribution in [0.25, 0.3) is 0 Å². The molecule has 0 aromatic carbocycles. The summed E-state index contributed by atoms with van der Waals surface area (Å²) >= 11 is 0. The Kier molecular flexibility index (Phi) is 2.35. The lowest BCUT2D eigenvalue weighted by atomic mass is 10.3. The molecule has 84 valence electrons. The predicted octanol–water partition coefficient (Wildman–Crippen LogP) is 0.551. The summed E-state index contributed by atoms with van der Waals surface area (Å²) in [5.74, 6) is 0.545. The maximum absolute atomic E-state index is 11.7. The number of carbonyl (C=O) groups is 1. The second-order valence-corrected chi connectivity index (χ2v) is 3.38. The summed E-state index contributed by atoms with van der Waals surface area (Å²) in [6.45, 7) is 1.73. The molecule has 3 N–H and O–H groups in total. The highest BCUT2D eigenvalue weighted by Crippen LogP contribution is 2.12. The van der Waals surface area contributed by atoms with Crippen molar-refractivity contribution in [2.45, 2.75) is 6.92 Å². The average Bonchev–Trinajstić information content (AvgIpc) is 2.73. The number of aryl methyl sites for hydroxylation is 2. The van der Waals surface area contributed by atoms with Crippen molar-refractivity contribution in [2.24, 2.45) is 7.05 Å². The largest absolute Gasteiger partial charge is 0.396 e. The third kappa shape index (κ3) is 1.88. The molecule has 0 aliphatic heterocycles. The molecule has 2 heterocycles. The number of hydrogen-bond acceptors (Lipinski definition) is 5. The third-order valence-electron chi connectivity index (χ3n) is 1.94. The molecule has 0 saturated carbocycles. The van der Waals surface area contributed by atoms with Crippen LogP contribution in [0.3, 0.4) is 0 Å². The van der Waals surface area contributed by atoms with Gasteiger partial charge in [-0.25, -0.2) is 0 Å². The zero-order valence-electron chi connectivity index (χ0n) is 8.89. The van der Waals surface area contributed by atoms with Crippen LogP contribution in [-0.2, 0) is 7.05 Å². The minimum absolute atomic E-state index is 0.170. The van der Waals surface area contributed by atoms with Gasteiger partial charge in [0.15, 0.2) is 11.5 Å². The van der Waals surface area contributed by atoms with Crippen LogP contribution >= 0.6 is 0 Å². The van der Waals surface area contributed by atoms with Crippen molar-refractivity contribution in [2.75, 3.05) is 11.1 Å². The van der Waals surface area contributed by atoms with E-state index < -0.39 is 5.91 Å². The first-order valence-corrected chi connectivity index (χ1v) is 4.60. The fourth-order valence-electron chi connectivity index (χ4n) is 1.28. The van der Waals surface area contributed by atoms with Gasteiger partial charge in [0.05, 0.1) is 5.69 Å². The molecule has 0 radical (unpaired) electrons. The zero-order chi connectivity index (χ0) is 11.7. The van der Waals surface area contributed by atoms with E-state index in [-0.39, 0.29) is 5.69 Å². The summed E-state index contributed by atoms with van der Waals surface area (Å²) in [6.07, 6.45) is 1.56. The van der Waals surface area contributed by atoms with Crippen molar-refractivity contribution in [3.8, 4) is 0 Å². The van der Waals surface area contributed by atoms with E-state index in [1.807, 2.05) is 0 Å². The number of carbonyl (C=O) groups excluding carboxylic acids is 1. The normalized spacial score (nSPS) is 10.4. The van der Waals surface area contributed by atoms with Gasteiger partial charge in [0, 0.05) is 19.3 Å². The third-order valence-corrected chi connectivity index (χ3v) is 1.94. The first kappa shape index (κ1) is 10.2. The van der Waals surface area contributed by atoms with Gasteiger partial charge < -0.3 is 15.6 Å². The maximum atomic E-state index is 11.7. The van der Waals surface area contributed by atoms with E-state index in [4.69, 9.17) is 10.3 Å². The number of anilines is 2. The highest BCUT2D eigenvalue weighted by atomic mass is 16.5. The van der Waals surface area contributed by atoms with Gasteiger partial charge >= 0.3 is 0 Å². The standard InChI is InChI=1S/C9H11N5O2/c1-5-3-7(13-16-5)11-9(15)8-6(10)4-14(2)12-8/h3-4H,10H2,1-2H3,(H,11,13,15). The molecule has 7 heteroatoms. The molecule has 7 nitrogen and oxygen atoms in total. The van der Waals surface area contributed by atoms with Crippen molar-refractivity contribution in [3.63, 3.8) is 0 Å². The summed E-state index contributed by atoms with van der Waals surface area (Å²) in [6, 6.07) is 1.61. The minimum Gasteiger partial charge on any atom is -0.396 e. The van der Waals surface area contributed by atoms with Crippen molar-refractivity contribution < 1.29 is 9.32 Å². The van der Waals surface area contributed by atoms with Crippen molar-refractivity contribution in [1.82, 2.24) is 14.9 Å². The maximum Gasteiger partial charge on any atom is 0.279 e. The topological polar surface area (TPSA) is 99.0 Å². The number of nitrogen functional groups attached to an aromatic ring is 1. The Morgan fingerprint density at radius 3 is 2.88 bits per heavy atom. The summed E-state index contributed by atoms with van der Waals surface area (Å²) in [7, 11) is 1.69. The Morgan fingerprint density at radius 2 is 2.38 bits per heavy atom. The van der Waals surface area contributed by atoms with Crippen LogP contribution in [0.1, 0.15) is 16.2 Å². The van der Waals surface area contributed by atoms with Crippen molar-refractivity contribution in [1.29, 1.82) is 0 Å². The van der Waals surface area contributed by atoms with Crippen molar-refractivity contribution >= 4 is 17.4 Å². The van der Waals surface area contributed by atoms with Gasteiger partial charge in [-0.15, -0.1) is 0 Å². The molecule has 0 saturated heterocycles. The van der Waals surface area contributed by atoms with Gasteiger partial charge in [-0.3, -0.25) is 9.48 Å². The fourth-order valence-corrected chi connectivity index (χ4v) is 1.28. The first-order chi connectivity index (χ1) is 7.56. The first-order valence-electron chi connectivity index (χ1n) is 4.60. The number of nitrogens with zero attached hydrogens (tertiary/aromatic N) is 3. The molecular weight excluding hydrogens is 210 g/mol. The monoisotopic (exact) mass is 221 g/mol. The number of rotatable bonds is 2. The Hall–Kier alpha value is -2.31. The van der Waals surface area contributed by atoms with Gasteiger partial charge in [-0.1, -0.05) is 5.16 Å². The molecule has 0 aliphatic rings. The van der Waals surface area contributed by atoms with E-state index in [9.17, 15) is 4.79 Å². The molecule has 0 fully saturated rings. The Morgan fingerprint density at radius 1 is 1.62 bits per heavy atom. The Labute approximate surface area is 91.2 Å². The second kappa shape index (κ2) is 3.69. The quantitative estimate of drug-likeness (QED) is 0.771. The van der Waals surface area contributed by atoms with Crippen LogP contribution in [-0.4, -0.2) is 20.8 Å². The Bertz CT molecular complexity index is 528. The lowest BCUT2D eigenvalue weighted by Gasteiger charge is -1.97. The second-order valence-electron chi connectivity index (χ2n) is 3.38. The molecule has 2 rings (SSSR count). The molecule has 0 spiro atoms. The van der Waals surface area contributed by atoms with E-state index in [0.717, 1.165) is 0 Å². The van der Waals surface area contributed by atoms with Crippen LogP contribution in [0.2, 0.25) is 0 Å².